The number of carbonyl (C=O) groups is 3. The van der Waals surface area contributed by atoms with Crippen LogP contribution in [-0.4, -0.2) is 37.2 Å². The Morgan fingerprint density at radius 1 is 0.296 bits per heavy atom. The van der Waals surface area contributed by atoms with Crippen molar-refractivity contribution >= 4 is 17.9 Å². The first-order chi connectivity index (χ1) is 35.0. The van der Waals surface area contributed by atoms with Crippen LogP contribution in [0.4, 0.5) is 0 Å². The third-order valence-corrected chi connectivity index (χ3v) is 13.2. The van der Waals surface area contributed by atoms with Crippen LogP contribution >= 0.6 is 0 Å². The average Bonchev–Trinajstić information content (AvgIpc) is 3.37. The molecular weight excluding hydrogens is 877 g/mol. The summed E-state index contributed by atoms with van der Waals surface area (Å²) in [6.07, 6.45) is 76.2. The summed E-state index contributed by atoms with van der Waals surface area (Å²) >= 11 is 0. The second-order valence-electron chi connectivity index (χ2n) is 20.2. The maximum atomic E-state index is 12.9. The van der Waals surface area contributed by atoms with Gasteiger partial charge in [0.15, 0.2) is 6.10 Å². The first kappa shape index (κ1) is 67.8. The Bertz CT molecular complexity index is 1320. The van der Waals surface area contributed by atoms with Crippen LogP contribution in [0.2, 0.25) is 0 Å². The lowest BCUT2D eigenvalue weighted by Crippen LogP contribution is -2.30. The van der Waals surface area contributed by atoms with Crippen LogP contribution in [0, 0.1) is 0 Å². The van der Waals surface area contributed by atoms with E-state index in [1.807, 2.05) is 0 Å². The molecule has 0 saturated heterocycles. The second kappa shape index (κ2) is 59.4. The lowest BCUT2D eigenvalue weighted by atomic mass is 10.0. The van der Waals surface area contributed by atoms with Gasteiger partial charge in [-0.2, -0.15) is 0 Å². The van der Waals surface area contributed by atoms with E-state index in [4.69, 9.17) is 14.2 Å². The maximum Gasteiger partial charge on any atom is 0.306 e. The minimum absolute atomic E-state index is 0.0966. The lowest BCUT2D eigenvalue weighted by Gasteiger charge is -2.18. The van der Waals surface area contributed by atoms with Crippen LogP contribution in [0.1, 0.15) is 303 Å². The molecule has 1 atom stereocenters. The number of hydrogen-bond donors (Lipinski definition) is 0. The quantitative estimate of drug-likeness (QED) is 0.0261. The van der Waals surface area contributed by atoms with Crippen LogP contribution in [0.15, 0.2) is 72.9 Å². The highest BCUT2D eigenvalue weighted by Crippen LogP contribution is 2.16. The first-order valence-corrected chi connectivity index (χ1v) is 30.4. The van der Waals surface area contributed by atoms with E-state index in [2.05, 4.69) is 93.7 Å². The van der Waals surface area contributed by atoms with E-state index in [9.17, 15) is 14.4 Å². The zero-order valence-corrected chi connectivity index (χ0v) is 47.0. The van der Waals surface area contributed by atoms with Gasteiger partial charge in [-0.05, 0) is 83.5 Å². The molecule has 0 saturated carbocycles. The summed E-state index contributed by atoms with van der Waals surface area (Å²) in [6, 6.07) is 0. The predicted molar refractivity (Wildman–Crippen MR) is 307 cm³/mol. The van der Waals surface area contributed by atoms with Crippen LogP contribution in [-0.2, 0) is 28.6 Å². The van der Waals surface area contributed by atoms with E-state index in [1.165, 1.54) is 180 Å². The van der Waals surface area contributed by atoms with E-state index in [1.54, 1.807) is 0 Å². The fraction of sp³-hybridized carbons (Fsp3) is 0.769. The monoisotopic (exact) mass is 991 g/mol. The van der Waals surface area contributed by atoms with E-state index < -0.39 is 6.10 Å². The number of allylic oxidation sites excluding steroid dienone is 12. The second-order valence-corrected chi connectivity index (χ2v) is 20.2. The summed E-state index contributed by atoms with van der Waals surface area (Å²) in [5, 5.41) is 0. The predicted octanol–water partition coefficient (Wildman–Crippen LogP) is 20.5. The third kappa shape index (κ3) is 57.6. The molecule has 0 aliphatic heterocycles. The Morgan fingerprint density at radius 3 is 0.915 bits per heavy atom. The van der Waals surface area contributed by atoms with Gasteiger partial charge >= 0.3 is 17.9 Å². The van der Waals surface area contributed by atoms with E-state index in [0.717, 1.165) is 77.0 Å². The molecule has 0 amide bonds. The normalized spacial score (nSPS) is 12.5. The molecule has 6 heteroatoms. The Hall–Kier alpha value is -3.15. The smallest absolute Gasteiger partial charge is 0.306 e. The van der Waals surface area contributed by atoms with Crippen LogP contribution in [0.3, 0.4) is 0 Å². The topological polar surface area (TPSA) is 78.9 Å². The molecule has 410 valence electrons. The number of carbonyl (C=O) groups excluding carboxylic acids is 3. The molecule has 6 nitrogen and oxygen atoms in total. The number of rotatable bonds is 55. The average molecular weight is 992 g/mol. The molecule has 0 N–H and O–H groups in total. The van der Waals surface area contributed by atoms with Crippen LogP contribution in [0.25, 0.3) is 0 Å². The van der Waals surface area contributed by atoms with Gasteiger partial charge in [0.05, 0.1) is 0 Å². The molecule has 0 fully saturated rings. The summed E-state index contributed by atoms with van der Waals surface area (Å²) < 4.78 is 16.9. The van der Waals surface area contributed by atoms with Gasteiger partial charge in [-0.3, -0.25) is 14.4 Å². The molecule has 0 aliphatic rings. The highest BCUT2D eigenvalue weighted by molar-refractivity contribution is 5.71. The van der Waals surface area contributed by atoms with Gasteiger partial charge in [-0.1, -0.05) is 273 Å². The van der Waals surface area contributed by atoms with Crippen molar-refractivity contribution in [3.05, 3.63) is 72.9 Å². The van der Waals surface area contributed by atoms with Crippen LogP contribution < -0.4 is 0 Å². The van der Waals surface area contributed by atoms with E-state index in [0.29, 0.717) is 19.3 Å². The highest BCUT2D eigenvalue weighted by Gasteiger charge is 2.19. The number of unbranched alkanes of at least 4 members (excludes halogenated alkanes) is 32. The molecule has 0 heterocycles. The molecule has 1 unspecified atom stereocenters. The molecule has 71 heavy (non-hydrogen) atoms. The van der Waals surface area contributed by atoms with Crippen molar-refractivity contribution in [3.8, 4) is 0 Å². The summed E-state index contributed by atoms with van der Waals surface area (Å²) in [5.41, 5.74) is 0. The van der Waals surface area contributed by atoms with Gasteiger partial charge in [-0.25, -0.2) is 0 Å². The van der Waals surface area contributed by atoms with Gasteiger partial charge < -0.3 is 14.2 Å². The van der Waals surface area contributed by atoms with Gasteiger partial charge in [-0.15, -0.1) is 0 Å². The van der Waals surface area contributed by atoms with Crippen molar-refractivity contribution in [2.75, 3.05) is 13.2 Å². The SMILES string of the molecule is CC/C=C\C/C=C\C/C=C\C/C=C\C/C=C\CCCC(=O)OC(COC(=O)CCCCCCCCC/C=C\CCCCCCCC)COC(=O)CCCCCCCCCCCCCCCCCCCCC. The van der Waals surface area contributed by atoms with Crippen LogP contribution in [0.5, 0.6) is 0 Å². The largest absolute Gasteiger partial charge is 0.462 e. The van der Waals surface area contributed by atoms with E-state index in [-0.39, 0.29) is 37.5 Å². The van der Waals surface area contributed by atoms with Crippen molar-refractivity contribution in [1.82, 2.24) is 0 Å². The summed E-state index contributed by atoms with van der Waals surface area (Å²) in [4.78, 5) is 38.2. The minimum atomic E-state index is -0.806. The molecule has 0 radical (unpaired) electrons. The fourth-order valence-corrected chi connectivity index (χ4v) is 8.65. The Kier molecular flexibility index (Phi) is 56.8. The number of hydrogen-bond acceptors (Lipinski definition) is 6. The molecule has 0 aliphatic carbocycles. The van der Waals surface area contributed by atoms with Gasteiger partial charge in [0.2, 0.25) is 0 Å². The molecular formula is C65H114O6. The molecule has 0 bridgehead atoms. The van der Waals surface area contributed by atoms with E-state index >= 15 is 0 Å². The maximum absolute atomic E-state index is 12.9. The van der Waals surface area contributed by atoms with Gasteiger partial charge in [0.25, 0.3) is 0 Å². The zero-order chi connectivity index (χ0) is 51.4. The Labute approximate surface area is 440 Å². The first-order valence-electron chi connectivity index (χ1n) is 30.4. The van der Waals surface area contributed by atoms with Crippen molar-refractivity contribution in [1.29, 1.82) is 0 Å². The van der Waals surface area contributed by atoms with Crippen molar-refractivity contribution in [3.63, 3.8) is 0 Å². The van der Waals surface area contributed by atoms with Gasteiger partial charge in [0.1, 0.15) is 13.2 Å². The number of esters is 3. The standard InChI is InChI=1S/C65H114O6/c1-4-7-10-13-16-19-22-25-28-31-32-35-37-40-43-46-49-52-55-58-64(67)70-61-62(71-65(68)59-56-53-50-47-44-41-38-34-30-27-24-21-18-15-12-9-6-3)60-69-63(66)57-54-51-48-45-42-39-36-33-29-26-23-20-17-14-11-8-5-2/h9,12,18,21,26-27,29-30,38,41,47,50,62H,4-8,10-11,13-17,19-20,22-25,28,31-37,39-40,42-46,48-49,51-61H2,1-3H3/b12-9-,21-18-,29-26-,30-27-,41-38-,50-47-. The van der Waals surface area contributed by atoms with Gasteiger partial charge in [0, 0.05) is 19.3 Å². The zero-order valence-electron chi connectivity index (χ0n) is 47.0. The lowest BCUT2D eigenvalue weighted by molar-refractivity contribution is -0.167. The van der Waals surface area contributed by atoms with Crippen molar-refractivity contribution in [2.45, 2.75) is 309 Å². The van der Waals surface area contributed by atoms with Crippen molar-refractivity contribution < 1.29 is 28.6 Å². The highest BCUT2D eigenvalue weighted by atomic mass is 16.6. The molecule has 0 spiro atoms. The molecule has 0 rings (SSSR count). The summed E-state index contributed by atoms with van der Waals surface area (Å²) in [5.74, 6) is -0.947. The summed E-state index contributed by atoms with van der Waals surface area (Å²) in [7, 11) is 0. The molecule has 0 aromatic carbocycles. The Balaban J connectivity index is 4.43. The molecule has 0 aromatic heterocycles. The molecule has 0 aromatic rings. The minimum Gasteiger partial charge on any atom is -0.462 e. The Morgan fingerprint density at radius 2 is 0.563 bits per heavy atom. The van der Waals surface area contributed by atoms with Crippen molar-refractivity contribution in [2.24, 2.45) is 0 Å². The fourth-order valence-electron chi connectivity index (χ4n) is 8.65. The third-order valence-electron chi connectivity index (χ3n) is 13.2. The number of ether oxygens (including phenoxy) is 3. The summed E-state index contributed by atoms with van der Waals surface area (Å²) in [6.45, 7) is 6.51.